The van der Waals surface area contributed by atoms with Crippen molar-refractivity contribution < 1.29 is 4.79 Å². The van der Waals surface area contributed by atoms with Crippen LogP contribution in [0.5, 0.6) is 0 Å². The molecule has 6 nitrogen and oxygen atoms in total. The number of nitrogen functional groups attached to an aromatic ring is 1. The van der Waals surface area contributed by atoms with Crippen molar-refractivity contribution in [3.8, 4) is 0 Å². The third kappa shape index (κ3) is 3.49. The number of nitrogens with two attached hydrogens (primary N) is 1. The van der Waals surface area contributed by atoms with Crippen LogP contribution in [0.25, 0.3) is 0 Å². The van der Waals surface area contributed by atoms with Crippen LogP contribution >= 0.6 is 11.3 Å². The summed E-state index contributed by atoms with van der Waals surface area (Å²) in [4.78, 5) is 23.4. The van der Waals surface area contributed by atoms with E-state index in [1.807, 2.05) is 0 Å². The Morgan fingerprint density at radius 1 is 1.47 bits per heavy atom. The summed E-state index contributed by atoms with van der Waals surface area (Å²) in [5, 5.41) is 5.00. The molecule has 88 valence electrons. The first-order valence-corrected chi connectivity index (χ1v) is 5.83. The first-order chi connectivity index (χ1) is 8.24. The number of carbonyl (C=O) groups excluding carboxylic acids is 1. The van der Waals surface area contributed by atoms with Crippen LogP contribution in [-0.2, 0) is 17.8 Å². The summed E-state index contributed by atoms with van der Waals surface area (Å²) in [6, 6.07) is 1.75. The molecule has 1 amide bonds. The van der Waals surface area contributed by atoms with Crippen molar-refractivity contribution >= 4 is 22.4 Å². The van der Waals surface area contributed by atoms with Gasteiger partial charge in [-0.15, -0.1) is 11.3 Å². The normalized spacial score (nSPS) is 10.1. The van der Waals surface area contributed by atoms with Crippen LogP contribution in [0.4, 0.5) is 5.13 Å². The molecule has 0 aliphatic carbocycles. The summed E-state index contributed by atoms with van der Waals surface area (Å²) >= 11 is 1.33. The molecule has 0 aliphatic rings. The molecule has 0 aromatic carbocycles. The zero-order chi connectivity index (χ0) is 12.1. The Bertz CT molecular complexity index is 498. The van der Waals surface area contributed by atoms with Crippen molar-refractivity contribution in [2.75, 3.05) is 5.73 Å². The van der Waals surface area contributed by atoms with Gasteiger partial charge in [-0.3, -0.25) is 4.79 Å². The third-order valence-electron chi connectivity index (χ3n) is 2.02. The standard InChI is InChI=1S/C10H11N5OS/c11-10-15-8(5-17-10)3-9(16)13-4-7-1-2-12-6-14-7/h1-2,5-6H,3-4H2,(H2,11,15)(H,13,16). The van der Waals surface area contributed by atoms with Gasteiger partial charge < -0.3 is 11.1 Å². The molecule has 0 radical (unpaired) electrons. The number of amides is 1. The van der Waals surface area contributed by atoms with Gasteiger partial charge in [-0.25, -0.2) is 15.0 Å². The molecule has 0 atom stereocenters. The number of carbonyl (C=O) groups is 1. The number of thiazole rings is 1. The first kappa shape index (κ1) is 11.5. The molecule has 0 unspecified atom stereocenters. The zero-order valence-electron chi connectivity index (χ0n) is 8.96. The SMILES string of the molecule is Nc1nc(CC(=O)NCc2ccncn2)cs1. The number of rotatable bonds is 4. The van der Waals surface area contributed by atoms with Gasteiger partial charge in [0, 0.05) is 11.6 Å². The van der Waals surface area contributed by atoms with Crippen molar-refractivity contribution in [3.63, 3.8) is 0 Å². The van der Waals surface area contributed by atoms with E-state index in [0.717, 1.165) is 5.69 Å². The summed E-state index contributed by atoms with van der Waals surface area (Å²) in [5.74, 6) is -0.103. The van der Waals surface area contributed by atoms with E-state index in [9.17, 15) is 4.79 Å². The third-order valence-corrected chi connectivity index (χ3v) is 2.74. The number of nitrogens with one attached hydrogen (secondary N) is 1. The summed E-state index contributed by atoms with van der Waals surface area (Å²) in [7, 11) is 0. The van der Waals surface area contributed by atoms with Crippen molar-refractivity contribution in [1.29, 1.82) is 0 Å². The maximum atomic E-state index is 11.6. The molecular weight excluding hydrogens is 238 g/mol. The average molecular weight is 249 g/mol. The molecule has 0 bridgehead atoms. The highest BCUT2D eigenvalue weighted by Crippen LogP contribution is 2.11. The Labute approximate surface area is 102 Å². The predicted octanol–water partition coefficient (Wildman–Crippen LogP) is 0.374. The first-order valence-electron chi connectivity index (χ1n) is 4.95. The van der Waals surface area contributed by atoms with Crippen LogP contribution in [-0.4, -0.2) is 20.9 Å². The maximum absolute atomic E-state index is 11.6. The van der Waals surface area contributed by atoms with Crippen LogP contribution < -0.4 is 11.1 Å². The highest BCUT2D eigenvalue weighted by Gasteiger charge is 2.06. The second-order valence-corrected chi connectivity index (χ2v) is 4.22. The molecule has 3 N–H and O–H groups in total. The van der Waals surface area contributed by atoms with Gasteiger partial charge in [0.05, 0.1) is 24.4 Å². The van der Waals surface area contributed by atoms with Crippen molar-refractivity contribution in [2.24, 2.45) is 0 Å². The highest BCUT2D eigenvalue weighted by molar-refractivity contribution is 7.13. The fourth-order valence-corrected chi connectivity index (χ4v) is 1.81. The smallest absolute Gasteiger partial charge is 0.226 e. The van der Waals surface area contributed by atoms with Gasteiger partial charge >= 0.3 is 0 Å². The van der Waals surface area contributed by atoms with E-state index in [1.54, 1.807) is 17.6 Å². The van der Waals surface area contributed by atoms with E-state index in [-0.39, 0.29) is 12.3 Å². The number of aromatic nitrogens is 3. The lowest BCUT2D eigenvalue weighted by Gasteiger charge is -2.02. The number of hydrogen-bond acceptors (Lipinski definition) is 6. The molecule has 2 aromatic heterocycles. The van der Waals surface area contributed by atoms with Crippen LogP contribution in [0.3, 0.4) is 0 Å². The van der Waals surface area contributed by atoms with Crippen LogP contribution in [0.2, 0.25) is 0 Å². The maximum Gasteiger partial charge on any atom is 0.226 e. The molecule has 2 rings (SSSR count). The zero-order valence-corrected chi connectivity index (χ0v) is 9.78. The van der Waals surface area contributed by atoms with Crippen LogP contribution in [0, 0.1) is 0 Å². The minimum absolute atomic E-state index is 0.103. The van der Waals surface area contributed by atoms with E-state index >= 15 is 0 Å². The minimum atomic E-state index is -0.103. The molecule has 17 heavy (non-hydrogen) atoms. The van der Waals surface area contributed by atoms with Crippen molar-refractivity contribution in [3.05, 3.63) is 35.4 Å². The topological polar surface area (TPSA) is 93.8 Å². The Morgan fingerprint density at radius 3 is 3.00 bits per heavy atom. The lowest BCUT2D eigenvalue weighted by atomic mass is 10.3. The fourth-order valence-electron chi connectivity index (χ4n) is 1.24. The number of hydrogen-bond donors (Lipinski definition) is 2. The Morgan fingerprint density at radius 2 is 2.35 bits per heavy atom. The van der Waals surface area contributed by atoms with Crippen molar-refractivity contribution in [2.45, 2.75) is 13.0 Å². The van der Waals surface area contributed by atoms with Gasteiger partial charge in [0.25, 0.3) is 0 Å². The monoisotopic (exact) mass is 249 g/mol. The average Bonchev–Trinajstić information content (AvgIpc) is 2.73. The van der Waals surface area contributed by atoms with E-state index < -0.39 is 0 Å². The van der Waals surface area contributed by atoms with Crippen LogP contribution in [0.1, 0.15) is 11.4 Å². The van der Waals surface area contributed by atoms with E-state index in [0.29, 0.717) is 17.4 Å². The lowest BCUT2D eigenvalue weighted by molar-refractivity contribution is -0.120. The Hall–Kier alpha value is -2.02. The number of anilines is 1. The molecular formula is C10H11N5OS. The molecule has 0 spiro atoms. The molecule has 7 heteroatoms. The summed E-state index contributed by atoms with van der Waals surface area (Å²) in [6.07, 6.45) is 3.32. The summed E-state index contributed by atoms with van der Waals surface area (Å²) in [5.41, 5.74) is 6.94. The van der Waals surface area contributed by atoms with Gasteiger partial charge in [-0.05, 0) is 6.07 Å². The molecule has 0 fully saturated rings. The van der Waals surface area contributed by atoms with Gasteiger partial charge in [0.15, 0.2) is 5.13 Å². The Balaban J connectivity index is 1.82. The van der Waals surface area contributed by atoms with E-state index in [4.69, 9.17) is 5.73 Å². The lowest BCUT2D eigenvalue weighted by Crippen LogP contribution is -2.25. The van der Waals surface area contributed by atoms with Crippen LogP contribution in [0.15, 0.2) is 24.0 Å². The highest BCUT2D eigenvalue weighted by atomic mass is 32.1. The summed E-state index contributed by atoms with van der Waals surface area (Å²) < 4.78 is 0. The van der Waals surface area contributed by atoms with Gasteiger partial charge in [0.1, 0.15) is 6.33 Å². The summed E-state index contributed by atoms with van der Waals surface area (Å²) in [6.45, 7) is 0.390. The van der Waals surface area contributed by atoms with E-state index in [2.05, 4.69) is 20.3 Å². The van der Waals surface area contributed by atoms with Gasteiger partial charge in [-0.1, -0.05) is 0 Å². The molecule has 2 aromatic rings. The number of nitrogens with zero attached hydrogens (tertiary/aromatic N) is 3. The second kappa shape index (κ2) is 5.35. The van der Waals surface area contributed by atoms with Crippen molar-refractivity contribution in [1.82, 2.24) is 20.3 Å². The largest absolute Gasteiger partial charge is 0.375 e. The van der Waals surface area contributed by atoms with E-state index in [1.165, 1.54) is 17.7 Å². The van der Waals surface area contributed by atoms with Gasteiger partial charge in [-0.2, -0.15) is 0 Å². The second-order valence-electron chi connectivity index (χ2n) is 3.33. The molecule has 0 aliphatic heterocycles. The Kier molecular flexibility index (Phi) is 3.61. The predicted molar refractivity (Wildman–Crippen MR) is 64.1 cm³/mol. The molecule has 2 heterocycles. The minimum Gasteiger partial charge on any atom is -0.375 e. The molecule has 0 saturated heterocycles. The molecule has 0 saturated carbocycles. The quantitative estimate of drug-likeness (QED) is 0.816. The van der Waals surface area contributed by atoms with Gasteiger partial charge in [0.2, 0.25) is 5.91 Å². The fraction of sp³-hybridized carbons (Fsp3) is 0.200.